The molecule has 0 aliphatic carbocycles. The van der Waals surface area contributed by atoms with Gasteiger partial charge in [-0.1, -0.05) is 12.8 Å². The van der Waals surface area contributed by atoms with Crippen LogP contribution in [0.5, 0.6) is 0 Å². The number of rotatable bonds is 8. The van der Waals surface area contributed by atoms with E-state index in [1.54, 1.807) is 6.92 Å². The fourth-order valence-corrected chi connectivity index (χ4v) is 5.39. The minimum atomic E-state index is -0.290. The summed E-state index contributed by atoms with van der Waals surface area (Å²) in [6.45, 7) is 7.88. The van der Waals surface area contributed by atoms with Gasteiger partial charge in [0.05, 0.1) is 13.0 Å². The summed E-state index contributed by atoms with van der Waals surface area (Å²) in [6.07, 6.45) is 10.4. The lowest BCUT2D eigenvalue weighted by Gasteiger charge is -2.36. The van der Waals surface area contributed by atoms with Crippen molar-refractivity contribution in [1.29, 1.82) is 0 Å². The van der Waals surface area contributed by atoms with Crippen molar-refractivity contribution in [2.75, 3.05) is 56.1 Å². The van der Waals surface area contributed by atoms with Crippen LogP contribution in [0.3, 0.4) is 0 Å². The molecule has 1 atom stereocenters. The summed E-state index contributed by atoms with van der Waals surface area (Å²) < 4.78 is 4.93. The van der Waals surface area contributed by atoms with E-state index in [0.717, 1.165) is 70.3 Å². The average Bonchev–Trinajstić information content (AvgIpc) is 3.14. The number of anilines is 2. The number of esters is 1. The number of nitrogens with zero attached hydrogens (tertiary/aromatic N) is 5. The molecule has 0 radical (unpaired) electrons. The molecular formula is C25H40N6O3. The van der Waals surface area contributed by atoms with Crippen LogP contribution in [0, 0.1) is 0 Å². The van der Waals surface area contributed by atoms with Gasteiger partial charge in [-0.3, -0.25) is 14.5 Å². The minimum absolute atomic E-state index is 0.0638. The largest absolute Gasteiger partial charge is 0.466 e. The lowest BCUT2D eigenvalue weighted by atomic mass is 10.0. The van der Waals surface area contributed by atoms with Gasteiger partial charge < -0.3 is 19.9 Å². The summed E-state index contributed by atoms with van der Waals surface area (Å²) in [4.78, 5) is 40.1. The van der Waals surface area contributed by atoms with Gasteiger partial charge in [-0.25, -0.2) is 4.98 Å². The molecule has 1 aromatic rings. The summed E-state index contributed by atoms with van der Waals surface area (Å²) in [5, 5.41) is 3.57. The van der Waals surface area contributed by atoms with E-state index in [9.17, 15) is 9.59 Å². The number of aromatic nitrogens is 2. The summed E-state index contributed by atoms with van der Waals surface area (Å²) in [5.41, 5.74) is 0. The van der Waals surface area contributed by atoms with Crippen molar-refractivity contribution >= 4 is 23.6 Å². The first-order valence-electron chi connectivity index (χ1n) is 13.1. The molecule has 4 rings (SSSR count). The van der Waals surface area contributed by atoms with Gasteiger partial charge in [0.2, 0.25) is 11.9 Å². The zero-order valence-corrected chi connectivity index (χ0v) is 20.6. The second-order valence-electron chi connectivity index (χ2n) is 9.68. The third kappa shape index (κ3) is 6.81. The van der Waals surface area contributed by atoms with E-state index < -0.39 is 0 Å². The van der Waals surface area contributed by atoms with Crippen LogP contribution in [0.2, 0.25) is 0 Å². The molecule has 3 aliphatic rings. The summed E-state index contributed by atoms with van der Waals surface area (Å²) >= 11 is 0. The Hall–Kier alpha value is -2.42. The quantitative estimate of drug-likeness (QED) is 0.578. The van der Waals surface area contributed by atoms with Crippen LogP contribution in [-0.4, -0.2) is 89.6 Å². The molecule has 34 heavy (non-hydrogen) atoms. The van der Waals surface area contributed by atoms with E-state index in [1.807, 2.05) is 17.2 Å². The molecule has 9 nitrogen and oxygen atoms in total. The van der Waals surface area contributed by atoms with Crippen LogP contribution in [0.25, 0.3) is 0 Å². The van der Waals surface area contributed by atoms with Crippen molar-refractivity contribution in [3.05, 3.63) is 12.3 Å². The monoisotopic (exact) mass is 472 g/mol. The summed E-state index contributed by atoms with van der Waals surface area (Å²) in [5.74, 6) is 1.54. The zero-order valence-electron chi connectivity index (χ0n) is 20.6. The molecule has 1 N–H and O–H groups in total. The van der Waals surface area contributed by atoms with Gasteiger partial charge in [-0.15, -0.1) is 0 Å². The average molecular weight is 473 g/mol. The first-order chi connectivity index (χ1) is 16.6. The zero-order chi connectivity index (χ0) is 23.8. The third-order valence-corrected chi connectivity index (χ3v) is 7.31. The van der Waals surface area contributed by atoms with Crippen LogP contribution in [0.15, 0.2) is 12.3 Å². The van der Waals surface area contributed by atoms with Gasteiger partial charge >= 0.3 is 5.97 Å². The van der Waals surface area contributed by atoms with E-state index in [4.69, 9.17) is 9.72 Å². The minimum Gasteiger partial charge on any atom is -0.466 e. The lowest BCUT2D eigenvalue weighted by Crippen LogP contribution is -2.46. The number of ether oxygens (including phenoxy) is 1. The van der Waals surface area contributed by atoms with Crippen molar-refractivity contribution in [1.82, 2.24) is 19.8 Å². The molecule has 0 saturated carbocycles. The molecule has 3 saturated heterocycles. The van der Waals surface area contributed by atoms with E-state index >= 15 is 0 Å². The Morgan fingerprint density at radius 3 is 2.53 bits per heavy atom. The van der Waals surface area contributed by atoms with E-state index in [2.05, 4.69) is 20.1 Å². The molecule has 4 heterocycles. The smallest absolute Gasteiger partial charge is 0.306 e. The van der Waals surface area contributed by atoms with E-state index in [-0.39, 0.29) is 24.7 Å². The molecule has 1 amide bonds. The SMILES string of the molecule is CCOC(=O)CCC(=O)N1CCC(N2CCC(Nc3nccc(N4CCCCCC4)n3)C2)CC1. The Bertz CT molecular complexity index is 806. The molecular weight excluding hydrogens is 432 g/mol. The maximum Gasteiger partial charge on any atom is 0.306 e. The maximum absolute atomic E-state index is 12.4. The van der Waals surface area contributed by atoms with Gasteiger partial charge in [0.15, 0.2) is 0 Å². The number of likely N-dealkylation sites (tertiary alicyclic amines) is 2. The summed E-state index contributed by atoms with van der Waals surface area (Å²) in [6, 6.07) is 2.88. The molecule has 1 aromatic heterocycles. The van der Waals surface area contributed by atoms with Crippen LogP contribution < -0.4 is 10.2 Å². The Balaban J connectivity index is 1.21. The van der Waals surface area contributed by atoms with E-state index in [0.29, 0.717) is 18.7 Å². The molecule has 0 aromatic carbocycles. The first kappa shape index (κ1) is 24.7. The van der Waals surface area contributed by atoms with Crippen molar-refractivity contribution in [2.24, 2.45) is 0 Å². The predicted molar refractivity (Wildman–Crippen MR) is 132 cm³/mol. The topological polar surface area (TPSA) is 90.9 Å². The second kappa shape index (κ2) is 12.3. The highest BCUT2D eigenvalue weighted by Crippen LogP contribution is 2.24. The third-order valence-electron chi connectivity index (χ3n) is 7.31. The van der Waals surface area contributed by atoms with Gasteiger partial charge in [0.1, 0.15) is 5.82 Å². The molecule has 0 bridgehead atoms. The Kier molecular flexibility index (Phi) is 8.96. The first-order valence-corrected chi connectivity index (χ1v) is 13.1. The lowest BCUT2D eigenvalue weighted by molar-refractivity contribution is -0.146. The number of piperidine rings is 1. The van der Waals surface area contributed by atoms with Crippen molar-refractivity contribution < 1.29 is 14.3 Å². The molecule has 1 unspecified atom stereocenters. The number of hydrogen-bond acceptors (Lipinski definition) is 8. The number of hydrogen-bond donors (Lipinski definition) is 1. The van der Waals surface area contributed by atoms with Gasteiger partial charge in [0, 0.05) is 64.0 Å². The van der Waals surface area contributed by atoms with Crippen molar-refractivity contribution in [2.45, 2.75) is 76.8 Å². The number of carbonyl (C=O) groups excluding carboxylic acids is 2. The molecule has 0 spiro atoms. The summed E-state index contributed by atoms with van der Waals surface area (Å²) in [7, 11) is 0. The van der Waals surface area contributed by atoms with Gasteiger partial charge in [-0.05, 0) is 45.1 Å². The standard InChI is InChI=1S/C25H40N6O3/c1-2-34-24(33)8-7-23(32)30-17-11-21(12-18-30)31-16-10-20(19-31)27-25-26-13-9-22(28-25)29-14-5-3-4-6-15-29/h9,13,20-21H,2-8,10-12,14-19H2,1H3,(H,26,27,28). The molecule has 3 aliphatic heterocycles. The van der Waals surface area contributed by atoms with Crippen LogP contribution in [-0.2, 0) is 14.3 Å². The fraction of sp³-hybridized carbons (Fsp3) is 0.760. The highest BCUT2D eigenvalue weighted by molar-refractivity contribution is 5.81. The van der Waals surface area contributed by atoms with Crippen molar-refractivity contribution in [3.63, 3.8) is 0 Å². The Labute approximate surface area is 203 Å². The highest BCUT2D eigenvalue weighted by Gasteiger charge is 2.32. The van der Waals surface area contributed by atoms with Crippen molar-refractivity contribution in [3.8, 4) is 0 Å². The molecule has 3 fully saturated rings. The van der Waals surface area contributed by atoms with Crippen LogP contribution in [0.1, 0.15) is 64.7 Å². The Morgan fingerprint density at radius 1 is 1.03 bits per heavy atom. The number of amides is 1. The number of nitrogens with one attached hydrogen (secondary N) is 1. The van der Waals surface area contributed by atoms with Crippen LogP contribution >= 0.6 is 0 Å². The normalized spacial score (nSPS) is 22.4. The van der Waals surface area contributed by atoms with E-state index in [1.165, 1.54) is 25.7 Å². The van der Waals surface area contributed by atoms with Crippen LogP contribution in [0.4, 0.5) is 11.8 Å². The molecule has 9 heteroatoms. The highest BCUT2D eigenvalue weighted by atomic mass is 16.5. The van der Waals surface area contributed by atoms with Gasteiger partial charge in [0.25, 0.3) is 0 Å². The molecule has 188 valence electrons. The predicted octanol–water partition coefficient (Wildman–Crippen LogP) is 2.68. The number of carbonyl (C=O) groups is 2. The fourth-order valence-electron chi connectivity index (χ4n) is 5.39. The Morgan fingerprint density at radius 2 is 1.79 bits per heavy atom. The van der Waals surface area contributed by atoms with Gasteiger partial charge in [-0.2, -0.15) is 4.98 Å². The maximum atomic E-state index is 12.4. The second-order valence-corrected chi connectivity index (χ2v) is 9.68.